The highest BCUT2D eigenvalue weighted by Crippen LogP contribution is 2.25. The summed E-state index contributed by atoms with van der Waals surface area (Å²) in [7, 11) is 0. The van der Waals surface area contributed by atoms with E-state index in [2.05, 4.69) is 27.6 Å². The summed E-state index contributed by atoms with van der Waals surface area (Å²) in [6.45, 7) is 6.83. The molecule has 1 aromatic rings. The average Bonchev–Trinajstić information content (AvgIpc) is 3.29. The zero-order chi connectivity index (χ0) is 19.2. The van der Waals surface area contributed by atoms with Gasteiger partial charge in [0.05, 0.1) is 12.2 Å². The molecule has 0 radical (unpaired) electrons. The van der Waals surface area contributed by atoms with Crippen molar-refractivity contribution in [3.8, 4) is 0 Å². The Labute approximate surface area is 161 Å². The molecule has 1 aliphatic heterocycles. The molecule has 2 heterocycles. The van der Waals surface area contributed by atoms with Gasteiger partial charge in [0.15, 0.2) is 0 Å². The zero-order valence-corrected chi connectivity index (χ0v) is 16.6. The Morgan fingerprint density at radius 3 is 2.63 bits per heavy atom. The van der Waals surface area contributed by atoms with Gasteiger partial charge in [-0.25, -0.2) is 0 Å². The van der Waals surface area contributed by atoms with Crippen LogP contribution in [0.3, 0.4) is 0 Å². The molecule has 2 N–H and O–H groups in total. The maximum Gasteiger partial charge on any atom is 0.237 e. The van der Waals surface area contributed by atoms with Gasteiger partial charge in [0, 0.05) is 49.9 Å². The van der Waals surface area contributed by atoms with Crippen molar-refractivity contribution < 1.29 is 9.59 Å². The summed E-state index contributed by atoms with van der Waals surface area (Å²) >= 11 is 0. The number of aryl methyl sites for hydroxylation is 1. The van der Waals surface area contributed by atoms with Crippen molar-refractivity contribution in [2.45, 2.75) is 77.5 Å². The molecule has 1 aromatic heterocycles. The lowest BCUT2D eigenvalue weighted by atomic mass is 9.88. The highest BCUT2D eigenvalue weighted by molar-refractivity contribution is 5.83. The smallest absolute Gasteiger partial charge is 0.237 e. The van der Waals surface area contributed by atoms with E-state index in [1.807, 2.05) is 24.0 Å². The molecule has 2 atom stereocenters. The topological polar surface area (TPSA) is 79.3 Å². The molecule has 0 spiro atoms. The maximum absolute atomic E-state index is 12.6. The number of nitrogens with one attached hydrogen (secondary N) is 2. The molecular weight excluding hydrogens is 342 g/mol. The minimum absolute atomic E-state index is 0.0354. The van der Waals surface area contributed by atoms with Gasteiger partial charge in [0.25, 0.3) is 0 Å². The molecule has 27 heavy (non-hydrogen) atoms. The summed E-state index contributed by atoms with van der Waals surface area (Å²) in [4.78, 5) is 27.3. The van der Waals surface area contributed by atoms with Crippen molar-refractivity contribution in [2.75, 3.05) is 13.1 Å². The fourth-order valence-corrected chi connectivity index (χ4v) is 4.33. The van der Waals surface area contributed by atoms with E-state index in [1.165, 1.54) is 6.42 Å². The van der Waals surface area contributed by atoms with Crippen LogP contribution in [0.1, 0.15) is 57.9 Å². The van der Waals surface area contributed by atoms with E-state index >= 15 is 0 Å². The van der Waals surface area contributed by atoms with Gasteiger partial charge in [-0.05, 0) is 33.1 Å². The molecule has 1 aliphatic carbocycles. The minimum Gasteiger partial charge on any atom is -0.355 e. The Balaban J connectivity index is 1.63. The molecule has 0 aromatic carbocycles. The van der Waals surface area contributed by atoms with Gasteiger partial charge in [-0.2, -0.15) is 5.10 Å². The average molecular weight is 376 g/mol. The van der Waals surface area contributed by atoms with Gasteiger partial charge in [-0.1, -0.05) is 19.3 Å². The number of likely N-dealkylation sites (N-methyl/N-ethyl adjacent to an activating group) is 1. The lowest BCUT2D eigenvalue weighted by Gasteiger charge is -2.23. The molecule has 0 bridgehead atoms. The third-order valence-corrected chi connectivity index (χ3v) is 5.78. The predicted molar refractivity (Wildman–Crippen MR) is 104 cm³/mol. The molecule has 7 heteroatoms. The van der Waals surface area contributed by atoms with Crippen LogP contribution >= 0.6 is 0 Å². The third kappa shape index (κ3) is 5.09. The first-order chi connectivity index (χ1) is 13.1. The van der Waals surface area contributed by atoms with Crippen LogP contribution in [0.2, 0.25) is 0 Å². The number of carbonyl (C=O) groups is 2. The highest BCUT2D eigenvalue weighted by Gasteiger charge is 2.38. The summed E-state index contributed by atoms with van der Waals surface area (Å²) in [6, 6.07) is -0.167. The van der Waals surface area contributed by atoms with Gasteiger partial charge in [0.2, 0.25) is 11.8 Å². The number of carbonyl (C=O) groups excluding carboxylic acids is 2. The molecule has 3 rings (SSSR count). The fourth-order valence-electron chi connectivity index (χ4n) is 4.33. The van der Waals surface area contributed by atoms with Crippen molar-refractivity contribution in [3.63, 3.8) is 0 Å². The predicted octanol–water partition coefficient (Wildman–Crippen LogP) is 1.68. The van der Waals surface area contributed by atoms with Gasteiger partial charge in [-0.3, -0.25) is 19.2 Å². The van der Waals surface area contributed by atoms with Crippen molar-refractivity contribution in [3.05, 3.63) is 18.0 Å². The van der Waals surface area contributed by atoms with Crippen LogP contribution in [0.25, 0.3) is 0 Å². The van der Waals surface area contributed by atoms with Crippen LogP contribution < -0.4 is 10.6 Å². The number of nitrogens with zero attached hydrogens (tertiary/aromatic N) is 3. The first-order valence-corrected chi connectivity index (χ1v) is 10.4. The normalized spacial score (nSPS) is 24.1. The number of likely N-dealkylation sites (tertiary alicyclic amines) is 1. The number of aromatic nitrogens is 2. The molecule has 150 valence electrons. The van der Waals surface area contributed by atoms with Crippen LogP contribution in [-0.2, 0) is 22.7 Å². The van der Waals surface area contributed by atoms with Crippen molar-refractivity contribution in [1.29, 1.82) is 0 Å². The van der Waals surface area contributed by atoms with Crippen LogP contribution in [0, 0.1) is 5.92 Å². The Bertz CT molecular complexity index is 638. The first-order valence-electron chi connectivity index (χ1n) is 10.4. The first kappa shape index (κ1) is 19.9. The maximum atomic E-state index is 12.6. The number of amides is 2. The van der Waals surface area contributed by atoms with E-state index in [9.17, 15) is 9.59 Å². The Hall–Kier alpha value is -1.89. The molecule has 2 aliphatic rings. The summed E-state index contributed by atoms with van der Waals surface area (Å²) in [5.41, 5.74) is 1.10. The molecule has 1 saturated heterocycles. The van der Waals surface area contributed by atoms with Gasteiger partial charge in [0.1, 0.15) is 0 Å². The summed E-state index contributed by atoms with van der Waals surface area (Å²) in [5.74, 6) is 0.378. The standard InChI is InChI=1S/C20H33N5O2/c1-3-21-20(27)18-10-17(23-19(26)16-8-6-5-7-9-16)14-24(18)12-15-11-22-25(4-2)13-15/h11,13,16-18H,3-10,12,14H2,1-2H3,(H,21,27)(H,23,26)/t17-,18+/m1/s1. The fraction of sp³-hybridized carbons (Fsp3) is 0.750. The van der Waals surface area contributed by atoms with Crippen molar-refractivity contribution in [1.82, 2.24) is 25.3 Å². The van der Waals surface area contributed by atoms with E-state index in [4.69, 9.17) is 0 Å². The molecule has 7 nitrogen and oxygen atoms in total. The van der Waals surface area contributed by atoms with Crippen molar-refractivity contribution in [2.24, 2.45) is 5.92 Å². The second-order valence-electron chi connectivity index (χ2n) is 7.82. The highest BCUT2D eigenvalue weighted by atomic mass is 16.2. The Kier molecular flexibility index (Phi) is 6.88. The molecule has 2 fully saturated rings. The number of rotatable bonds is 7. The number of hydrogen-bond acceptors (Lipinski definition) is 4. The van der Waals surface area contributed by atoms with Crippen LogP contribution in [0.5, 0.6) is 0 Å². The lowest BCUT2D eigenvalue weighted by Crippen LogP contribution is -2.42. The van der Waals surface area contributed by atoms with Crippen LogP contribution in [0.4, 0.5) is 0 Å². The van der Waals surface area contributed by atoms with Crippen molar-refractivity contribution >= 4 is 11.8 Å². The largest absolute Gasteiger partial charge is 0.355 e. The Morgan fingerprint density at radius 1 is 1.19 bits per heavy atom. The second kappa shape index (κ2) is 9.35. The minimum atomic E-state index is -0.202. The van der Waals surface area contributed by atoms with Gasteiger partial charge >= 0.3 is 0 Å². The van der Waals surface area contributed by atoms with Gasteiger partial charge in [-0.15, -0.1) is 0 Å². The monoisotopic (exact) mass is 375 g/mol. The van der Waals surface area contributed by atoms with Gasteiger partial charge < -0.3 is 10.6 Å². The third-order valence-electron chi connectivity index (χ3n) is 5.78. The molecule has 2 amide bonds. The van der Waals surface area contributed by atoms with E-state index in [-0.39, 0.29) is 29.8 Å². The lowest BCUT2D eigenvalue weighted by molar-refractivity contribution is -0.127. The second-order valence-corrected chi connectivity index (χ2v) is 7.82. The van der Waals surface area contributed by atoms with E-state index < -0.39 is 0 Å². The molecular formula is C20H33N5O2. The zero-order valence-electron chi connectivity index (χ0n) is 16.6. The summed E-state index contributed by atoms with van der Waals surface area (Å²) < 4.78 is 1.90. The summed E-state index contributed by atoms with van der Waals surface area (Å²) in [6.07, 6.45) is 10.1. The molecule has 0 unspecified atom stereocenters. The van der Waals surface area contributed by atoms with E-state index in [1.54, 1.807) is 0 Å². The van der Waals surface area contributed by atoms with Crippen LogP contribution in [0.15, 0.2) is 12.4 Å². The Morgan fingerprint density at radius 2 is 1.96 bits per heavy atom. The SMILES string of the molecule is CCNC(=O)[C@@H]1C[C@@H](NC(=O)C2CCCCC2)CN1Cc1cnn(CC)c1. The summed E-state index contributed by atoms with van der Waals surface area (Å²) in [5, 5.41) is 10.5. The van der Waals surface area contributed by atoms with E-state index in [0.717, 1.165) is 37.8 Å². The van der Waals surface area contributed by atoms with Crippen LogP contribution in [-0.4, -0.2) is 51.7 Å². The quantitative estimate of drug-likeness (QED) is 0.760. The van der Waals surface area contributed by atoms with E-state index in [0.29, 0.717) is 26.1 Å². The molecule has 1 saturated carbocycles. The number of hydrogen-bond donors (Lipinski definition) is 2.